The van der Waals surface area contributed by atoms with E-state index < -0.39 is 23.8 Å². The van der Waals surface area contributed by atoms with Crippen LogP contribution < -0.4 is 14.8 Å². The Morgan fingerprint density at radius 1 is 1.06 bits per heavy atom. The molecule has 0 heterocycles. The number of amides is 1. The maximum Gasteiger partial charge on any atom is 0.573 e. The Bertz CT molecular complexity index is 1020. The van der Waals surface area contributed by atoms with Crippen LogP contribution in [0.3, 0.4) is 0 Å². The number of alkyl halides is 3. The number of halogens is 3. The van der Waals surface area contributed by atoms with Crippen LogP contribution in [0.4, 0.5) is 13.2 Å². The molecule has 0 saturated carbocycles. The molecule has 2 N–H and O–H groups in total. The average Bonchev–Trinajstić information content (AvgIpc) is 2.77. The Morgan fingerprint density at radius 2 is 1.73 bits per heavy atom. The molecule has 0 aliphatic heterocycles. The van der Waals surface area contributed by atoms with Gasteiger partial charge < -0.3 is 19.9 Å². The van der Waals surface area contributed by atoms with Gasteiger partial charge in [-0.15, -0.1) is 13.2 Å². The van der Waals surface area contributed by atoms with Crippen molar-refractivity contribution in [2.24, 2.45) is 0 Å². The average molecular weight is 465 g/mol. The summed E-state index contributed by atoms with van der Waals surface area (Å²) in [5, 5.41) is 12.1. The van der Waals surface area contributed by atoms with Crippen molar-refractivity contribution in [3.8, 4) is 11.5 Å². The molecule has 1 atom stereocenters. The lowest BCUT2D eigenvalue weighted by Crippen LogP contribution is -2.51. The Hall–Kier alpha value is -3.23. The molecule has 0 spiro atoms. The van der Waals surface area contributed by atoms with E-state index in [4.69, 9.17) is 4.74 Å². The molecule has 0 aromatic heterocycles. The van der Waals surface area contributed by atoms with E-state index in [0.717, 1.165) is 30.4 Å². The van der Waals surface area contributed by atoms with Crippen LogP contribution in [-0.4, -0.2) is 28.9 Å². The largest absolute Gasteiger partial charge is 0.573 e. The number of carboxylic acid groups (broad SMARTS) is 1. The van der Waals surface area contributed by atoms with Crippen molar-refractivity contribution in [3.63, 3.8) is 0 Å². The van der Waals surface area contributed by atoms with Crippen molar-refractivity contribution in [1.29, 1.82) is 0 Å². The van der Waals surface area contributed by atoms with Gasteiger partial charge in [0.1, 0.15) is 23.6 Å². The number of aryl methyl sites for hydroxylation is 1. The van der Waals surface area contributed by atoms with Gasteiger partial charge in [0.25, 0.3) is 5.91 Å². The maximum absolute atomic E-state index is 13.0. The van der Waals surface area contributed by atoms with E-state index in [9.17, 15) is 27.9 Å². The van der Waals surface area contributed by atoms with Crippen LogP contribution in [0.1, 0.15) is 60.2 Å². The van der Waals surface area contributed by atoms with E-state index in [1.807, 2.05) is 6.07 Å². The number of carbonyl (C=O) groups is 2. The van der Waals surface area contributed by atoms with Gasteiger partial charge in [-0.3, -0.25) is 4.79 Å². The minimum atomic E-state index is -4.77. The molecule has 0 radical (unpaired) electrons. The fourth-order valence-corrected chi connectivity index (χ4v) is 3.69. The number of aliphatic carboxylic acids is 1. The number of fused-ring (bicyclic) bond motifs is 1. The second-order valence-electron chi connectivity index (χ2n) is 8.21. The summed E-state index contributed by atoms with van der Waals surface area (Å²) in [7, 11) is 0. The van der Waals surface area contributed by atoms with Crippen molar-refractivity contribution in [1.82, 2.24) is 5.32 Å². The predicted molar refractivity (Wildman–Crippen MR) is 114 cm³/mol. The number of rotatable bonds is 8. The van der Waals surface area contributed by atoms with Crippen molar-refractivity contribution in [3.05, 3.63) is 58.7 Å². The van der Waals surface area contributed by atoms with Crippen LogP contribution in [0.25, 0.3) is 0 Å². The Morgan fingerprint density at radius 3 is 2.33 bits per heavy atom. The standard InChI is InChI=1S/C24H26F3NO5/c1-3-23(2,22(30)31)28-21(29)19-13-10-16-6-4-5-7-18(16)20(19)32-14-15-8-11-17(12-9-15)33-24(25,26)27/h8-13H,3-7,14H2,1-2H3,(H,28,29)(H,30,31). The second-order valence-corrected chi connectivity index (χ2v) is 8.21. The van der Waals surface area contributed by atoms with E-state index >= 15 is 0 Å². The number of ether oxygens (including phenoxy) is 2. The number of hydrogen-bond acceptors (Lipinski definition) is 4. The zero-order valence-corrected chi connectivity index (χ0v) is 18.4. The van der Waals surface area contributed by atoms with Crippen LogP contribution in [-0.2, 0) is 24.2 Å². The molecule has 9 heteroatoms. The highest BCUT2D eigenvalue weighted by Crippen LogP contribution is 2.34. The second kappa shape index (κ2) is 9.72. The summed E-state index contributed by atoms with van der Waals surface area (Å²) in [6.07, 6.45) is -1.06. The van der Waals surface area contributed by atoms with E-state index in [2.05, 4.69) is 10.1 Å². The monoisotopic (exact) mass is 465 g/mol. The highest BCUT2D eigenvalue weighted by molar-refractivity contribution is 6.00. The van der Waals surface area contributed by atoms with E-state index in [1.165, 1.54) is 31.2 Å². The maximum atomic E-state index is 13.0. The minimum absolute atomic E-state index is 0.0208. The highest BCUT2D eigenvalue weighted by atomic mass is 19.4. The van der Waals surface area contributed by atoms with E-state index in [-0.39, 0.29) is 24.3 Å². The van der Waals surface area contributed by atoms with Gasteiger partial charge in [-0.25, -0.2) is 4.79 Å². The molecule has 0 fully saturated rings. The summed E-state index contributed by atoms with van der Waals surface area (Å²) in [6, 6.07) is 8.79. The normalized spacial score (nSPS) is 15.2. The van der Waals surface area contributed by atoms with Gasteiger partial charge in [0.15, 0.2) is 0 Å². The van der Waals surface area contributed by atoms with Gasteiger partial charge in [0.05, 0.1) is 5.56 Å². The number of nitrogens with one attached hydrogen (secondary N) is 1. The molecule has 33 heavy (non-hydrogen) atoms. The first kappa shape index (κ1) is 24.4. The SMILES string of the molecule is CCC(C)(NC(=O)c1ccc2c(c1OCc1ccc(OC(F)(F)F)cc1)CCCC2)C(=O)O. The Kier molecular flexibility index (Phi) is 7.19. The van der Waals surface area contributed by atoms with Crippen LogP contribution in [0, 0.1) is 0 Å². The van der Waals surface area contributed by atoms with Crippen LogP contribution in [0.15, 0.2) is 36.4 Å². The van der Waals surface area contributed by atoms with Crippen LogP contribution in [0.5, 0.6) is 11.5 Å². The van der Waals surface area contributed by atoms with Crippen LogP contribution >= 0.6 is 0 Å². The topological polar surface area (TPSA) is 84.9 Å². The summed E-state index contributed by atoms with van der Waals surface area (Å²) in [5.41, 5.74) is 1.36. The molecule has 0 saturated heterocycles. The van der Waals surface area contributed by atoms with Gasteiger partial charge in [0, 0.05) is 0 Å². The zero-order chi connectivity index (χ0) is 24.2. The molecule has 6 nitrogen and oxygen atoms in total. The lowest BCUT2D eigenvalue weighted by molar-refractivity contribution is -0.274. The molecule has 2 aromatic carbocycles. The summed E-state index contributed by atoms with van der Waals surface area (Å²) in [4.78, 5) is 24.7. The molecule has 1 aliphatic carbocycles. The van der Waals surface area contributed by atoms with Crippen molar-refractivity contribution >= 4 is 11.9 Å². The number of benzene rings is 2. The smallest absolute Gasteiger partial charge is 0.488 e. The number of carbonyl (C=O) groups excluding carboxylic acids is 1. The highest BCUT2D eigenvalue weighted by Gasteiger charge is 2.34. The molecule has 0 bridgehead atoms. The predicted octanol–water partition coefficient (Wildman–Crippen LogP) is 5.03. The van der Waals surface area contributed by atoms with Crippen LogP contribution in [0.2, 0.25) is 0 Å². The molecule has 1 unspecified atom stereocenters. The molecule has 1 amide bonds. The first-order valence-electron chi connectivity index (χ1n) is 10.7. The lowest BCUT2D eigenvalue weighted by Gasteiger charge is -2.27. The van der Waals surface area contributed by atoms with Gasteiger partial charge in [-0.1, -0.05) is 25.1 Å². The van der Waals surface area contributed by atoms with Gasteiger partial charge in [-0.05, 0) is 73.9 Å². The fraction of sp³-hybridized carbons (Fsp3) is 0.417. The summed E-state index contributed by atoms with van der Waals surface area (Å²) in [5.74, 6) is -1.65. The van der Waals surface area contributed by atoms with E-state index in [1.54, 1.807) is 13.0 Å². The first-order chi connectivity index (χ1) is 15.5. The zero-order valence-electron chi connectivity index (χ0n) is 18.4. The number of carboxylic acids is 1. The lowest BCUT2D eigenvalue weighted by atomic mass is 9.88. The van der Waals surface area contributed by atoms with Crippen molar-refractivity contribution in [2.45, 2.75) is 64.5 Å². The summed E-state index contributed by atoms with van der Waals surface area (Å²) < 4.78 is 47.0. The van der Waals surface area contributed by atoms with E-state index in [0.29, 0.717) is 17.7 Å². The molecule has 3 rings (SSSR count). The Balaban J connectivity index is 1.85. The quantitative estimate of drug-likeness (QED) is 0.572. The molecular formula is C24H26F3NO5. The molecular weight excluding hydrogens is 439 g/mol. The number of hydrogen-bond donors (Lipinski definition) is 2. The third-order valence-corrected chi connectivity index (χ3v) is 5.83. The summed E-state index contributed by atoms with van der Waals surface area (Å²) in [6.45, 7) is 3.13. The fourth-order valence-electron chi connectivity index (χ4n) is 3.69. The third-order valence-electron chi connectivity index (χ3n) is 5.83. The molecule has 1 aliphatic rings. The van der Waals surface area contributed by atoms with Gasteiger partial charge >= 0.3 is 12.3 Å². The third kappa shape index (κ3) is 5.97. The molecule has 2 aromatic rings. The minimum Gasteiger partial charge on any atom is -0.488 e. The summed E-state index contributed by atoms with van der Waals surface area (Å²) >= 11 is 0. The first-order valence-corrected chi connectivity index (χ1v) is 10.7. The van der Waals surface area contributed by atoms with Gasteiger partial charge in [0.2, 0.25) is 0 Å². The Labute approximate surface area is 189 Å². The van der Waals surface area contributed by atoms with Crippen molar-refractivity contribution < 1.29 is 37.3 Å². The van der Waals surface area contributed by atoms with Gasteiger partial charge in [-0.2, -0.15) is 0 Å². The van der Waals surface area contributed by atoms with Crippen molar-refractivity contribution in [2.75, 3.05) is 0 Å². The molecule has 178 valence electrons.